The van der Waals surface area contributed by atoms with Crippen molar-refractivity contribution < 1.29 is 8.42 Å². The van der Waals surface area contributed by atoms with Crippen molar-refractivity contribution in [2.24, 2.45) is 0 Å². The Morgan fingerprint density at radius 2 is 1.75 bits per heavy atom. The Labute approximate surface area is 127 Å². The summed E-state index contributed by atoms with van der Waals surface area (Å²) >= 11 is 11.8. The molecule has 0 amide bonds. The smallest absolute Gasteiger partial charge is 0.263 e. The Bertz CT molecular complexity index is 761. The molecule has 0 aliphatic rings. The molecule has 0 aromatic heterocycles. The second-order valence-electron chi connectivity index (χ2n) is 4.19. The quantitative estimate of drug-likeness (QED) is 0.843. The highest BCUT2D eigenvalue weighted by Gasteiger charge is 2.21. The number of rotatable bonds is 3. The molecule has 0 saturated heterocycles. The van der Waals surface area contributed by atoms with Gasteiger partial charge in [-0.05, 0) is 30.7 Å². The van der Waals surface area contributed by atoms with Gasteiger partial charge in [-0.3, -0.25) is 4.72 Å². The first-order chi connectivity index (χ1) is 9.33. The molecule has 2 aromatic rings. The van der Waals surface area contributed by atoms with Gasteiger partial charge in [-0.2, -0.15) is 0 Å². The molecule has 0 atom stereocenters. The van der Waals surface area contributed by atoms with Gasteiger partial charge in [0.25, 0.3) is 10.0 Å². The topological polar surface area (TPSA) is 72.2 Å². The second-order valence-corrected chi connectivity index (χ2v) is 6.63. The maximum Gasteiger partial charge on any atom is 0.263 e. The van der Waals surface area contributed by atoms with Gasteiger partial charge in [0, 0.05) is 0 Å². The average molecular weight is 331 g/mol. The van der Waals surface area contributed by atoms with Crippen LogP contribution in [0.3, 0.4) is 0 Å². The summed E-state index contributed by atoms with van der Waals surface area (Å²) in [6, 6.07) is 9.75. The van der Waals surface area contributed by atoms with Crippen LogP contribution in [-0.2, 0) is 10.0 Å². The molecule has 0 bridgehead atoms. The third-order valence-corrected chi connectivity index (χ3v) is 5.03. The molecule has 3 N–H and O–H groups in total. The fourth-order valence-corrected chi connectivity index (χ4v) is 3.54. The van der Waals surface area contributed by atoms with Crippen LogP contribution >= 0.6 is 23.2 Å². The van der Waals surface area contributed by atoms with Crippen LogP contribution in [-0.4, -0.2) is 8.42 Å². The first-order valence-corrected chi connectivity index (χ1v) is 7.89. The molecule has 0 radical (unpaired) electrons. The Morgan fingerprint density at radius 3 is 2.40 bits per heavy atom. The fourth-order valence-electron chi connectivity index (χ4n) is 1.64. The van der Waals surface area contributed by atoms with Crippen LogP contribution in [0, 0.1) is 6.92 Å². The molecule has 4 nitrogen and oxygen atoms in total. The number of para-hydroxylation sites is 1. The highest BCUT2D eigenvalue weighted by Crippen LogP contribution is 2.34. The van der Waals surface area contributed by atoms with Crippen molar-refractivity contribution in [3.63, 3.8) is 0 Å². The van der Waals surface area contributed by atoms with E-state index in [1.807, 2.05) is 6.07 Å². The van der Waals surface area contributed by atoms with Crippen molar-refractivity contribution in [3.8, 4) is 0 Å². The lowest BCUT2D eigenvalue weighted by Gasteiger charge is -2.12. The molecular weight excluding hydrogens is 319 g/mol. The number of halogens is 2. The van der Waals surface area contributed by atoms with Gasteiger partial charge in [0.15, 0.2) is 0 Å². The molecule has 0 fully saturated rings. The van der Waals surface area contributed by atoms with Crippen LogP contribution in [0.4, 0.5) is 11.4 Å². The molecule has 0 aliphatic heterocycles. The lowest BCUT2D eigenvalue weighted by atomic mass is 10.2. The number of nitrogens with two attached hydrogens (primary N) is 1. The van der Waals surface area contributed by atoms with E-state index in [-0.39, 0.29) is 20.6 Å². The van der Waals surface area contributed by atoms with E-state index >= 15 is 0 Å². The lowest BCUT2D eigenvalue weighted by molar-refractivity contribution is 0.601. The van der Waals surface area contributed by atoms with Crippen LogP contribution in [0.5, 0.6) is 0 Å². The summed E-state index contributed by atoms with van der Waals surface area (Å²) < 4.78 is 27.2. The van der Waals surface area contributed by atoms with Gasteiger partial charge in [0.1, 0.15) is 4.90 Å². The van der Waals surface area contributed by atoms with Gasteiger partial charge < -0.3 is 5.73 Å². The van der Waals surface area contributed by atoms with Crippen molar-refractivity contribution in [3.05, 3.63) is 52.0 Å². The van der Waals surface area contributed by atoms with Crippen LogP contribution in [0.15, 0.2) is 41.3 Å². The molecule has 0 unspecified atom stereocenters. The van der Waals surface area contributed by atoms with E-state index in [1.165, 1.54) is 12.1 Å². The number of benzene rings is 2. The van der Waals surface area contributed by atoms with Gasteiger partial charge in [-0.25, -0.2) is 8.42 Å². The van der Waals surface area contributed by atoms with E-state index in [9.17, 15) is 8.42 Å². The van der Waals surface area contributed by atoms with E-state index in [0.717, 1.165) is 5.56 Å². The SMILES string of the molecule is Cc1ccccc1NS(=O)(=O)c1ccc(Cl)c(N)c1Cl. The third-order valence-electron chi connectivity index (χ3n) is 2.77. The normalized spacial score (nSPS) is 11.3. The summed E-state index contributed by atoms with van der Waals surface area (Å²) in [6.45, 7) is 1.80. The van der Waals surface area contributed by atoms with E-state index in [1.54, 1.807) is 25.1 Å². The maximum absolute atomic E-state index is 12.3. The van der Waals surface area contributed by atoms with E-state index in [2.05, 4.69) is 4.72 Å². The summed E-state index contributed by atoms with van der Waals surface area (Å²) in [5.74, 6) is 0. The molecule has 2 aromatic carbocycles. The zero-order chi connectivity index (χ0) is 14.9. The summed E-state index contributed by atoms with van der Waals surface area (Å²) in [5, 5.41) is 0.128. The van der Waals surface area contributed by atoms with Crippen molar-refractivity contribution in [2.45, 2.75) is 11.8 Å². The van der Waals surface area contributed by atoms with Crippen molar-refractivity contribution in [2.75, 3.05) is 10.5 Å². The molecule has 20 heavy (non-hydrogen) atoms. The number of sulfonamides is 1. The third kappa shape index (κ3) is 2.85. The first-order valence-electron chi connectivity index (χ1n) is 5.65. The molecule has 106 valence electrons. The lowest BCUT2D eigenvalue weighted by Crippen LogP contribution is -2.14. The summed E-state index contributed by atoms with van der Waals surface area (Å²) in [5.41, 5.74) is 6.97. The monoisotopic (exact) mass is 330 g/mol. The molecule has 0 saturated carbocycles. The van der Waals surface area contributed by atoms with Crippen LogP contribution in [0.25, 0.3) is 0 Å². The van der Waals surface area contributed by atoms with Gasteiger partial charge in [-0.15, -0.1) is 0 Å². The minimum Gasteiger partial charge on any atom is -0.396 e. The first kappa shape index (κ1) is 15.0. The van der Waals surface area contributed by atoms with E-state index < -0.39 is 10.0 Å². The number of hydrogen-bond donors (Lipinski definition) is 2. The summed E-state index contributed by atoms with van der Waals surface area (Å²) in [7, 11) is -3.83. The average Bonchev–Trinajstić information content (AvgIpc) is 2.38. The maximum atomic E-state index is 12.3. The predicted molar refractivity (Wildman–Crippen MR) is 82.9 cm³/mol. The van der Waals surface area contributed by atoms with Crippen molar-refractivity contribution >= 4 is 44.6 Å². The highest BCUT2D eigenvalue weighted by atomic mass is 35.5. The van der Waals surface area contributed by atoms with Gasteiger partial charge >= 0.3 is 0 Å². The molecule has 7 heteroatoms. The molecule has 0 heterocycles. The van der Waals surface area contributed by atoms with Crippen LogP contribution in [0.2, 0.25) is 10.0 Å². The largest absolute Gasteiger partial charge is 0.396 e. The van der Waals surface area contributed by atoms with Crippen molar-refractivity contribution in [1.82, 2.24) is 0 Å². The van der Waals surface area contributed by atoms with Gasteiger partial charge in [-0.1, -0.05) is 41.4 Å². The van der Waals surface area contributed by atoms with Crippen molar-refractivity contribution in [1.29, 1.82) is 0 Å². The Balaban J connectivity index is 2.47. The minimum atomic E-state index is -3.83. The van der Waals surface area contributed by atoms with Crippen LogP contribution < -0.4 is 10.5 Å². The zero-order valence-corrected chi connectivity index (χ0v) is 12.9. The zero-order valence-electron chi connectivity index (χ0n) is 10.5. The second kappa shape index (κ2) is 5.52. The number of hydrogen-bond acceptors (Lipinski definition) is 3. The predicted octanol–water partition coefficient (Wildman–Crippen LogP) is 3.68. The van der Waals surface area contributed by atoms with Crippen LogP contribution in [0.1, 0.15) is 5.56 Å². The van der Waals surface area contributed by atoms with Gasteiger partial charge in [0.2, 0.25) is 0 Å². The Morgan fingerprint density at radius 1 is 1.10 bits per heavy atom. The van der Waals surface area contributed by atoms with E-state index in [4.69, 9.17) is 28.9 Å². The molecule has 0 spiro atoms. The molecule has 2 rings (SSSR count). The Hall–Kier alpha value is -1.43. The summed E-state index contributed by atoms with van der Waals surface area (Å²) in [4.78, 5) is -0.107. The number of nitrogen functional groups attached to an aromatic ring is 1. The summed E-state index contributed by atoms with van der Waals surface area (Å²) in [6.07, 6.45) is 0. The van der Waals surface area contributed by atoms with Gasteiger partial charge in [0.05, 0.1) is 21.4 Å². The highest BCUT2D eigenvalue weighted by molar-refractivity contribution is 7.92. The number of anilines is 2. The van der Waals surface area contributed by atoms with E-state index in [0.29, 0.717) is 5.69 Å². The number of nitrogens with one attached hydrogen (secondary N) is 1. The Kier molecular flexibility index (Phi) is 4.13. The molecule has 0 aliphatic carbocycles. The molecular formula is C13H12Cl2N2O2S. The standard InChI is InChI=1S/C13H12Cl2N2O2S/c1-8-4-2-3-5-10(8)17-20(18,19)11-7-6-9(14)13(16)12(11)15/h2-7,17H,16H2,1H3. The minimum absolute atomic E-state index is 0.0426. The number of aryl methyl sites for hydroxylation is 1. The fraction of sp³-hybridized carbons (Fsp3) is 0.0769.